The third-order valence-electron chi connectivity index (χ3n) is 13.4. The van der Waals surface area contributed by atoms with Crippen molar-refractivity contribution in [3.05, 3.63) is 48.6 Å². The lowest BCUT2D eigenvalue weighted by Gasteiger charge is -2.22. The summed E-state index contributed by atoms with van der Waals surface area (Å²) in [7, 11) is 0. The summed E-state index contributed by atoms with van der Waals surface area (Å²) in [5, 5.41) is 23.3. The van der Waals surface area contributed by atoms with Crippen molar-refractivity contribution < 1.29 is 15.0 Å². The van der Waals surface area contributed by atoms with Gasteiger partial charge >= 0.3 is 0 Å². The molecule has 0 saturated carbocycles. The van der Waals surface area contributed by atoms with Crippen LogP contribution in [0.4, 0.5) is 0 Å². The minimum Gasteiger partial charge on any atom is -0.394 e. The fraction of sp³-hybridized carbons (Fsp3) is 0.850. The van der Waals surface area contributed by atoms with E-state index in [0.717, 1.165) is 64.2 Å². The van der Waals surface area contributed by atoms with Gasteiger partial charge in [0.05, 0.1) is 18.8 Å². The average molecular weight is 897 g/mol. The Hall–Kier alpha value is -1.65. The van der Waals surface area contributed by atoms with Crippen molar-refractivity contribution in [1.82, 2.24) is 5.32 Å². The summed E-state index contributed by atoms with van der Waals surface area (Å²) < 4.78 is 0. The van der Waals surface area contributed by atoms with E-state index in [0.29, 0.717) is 12.8 Å². The van der Waals surface area contributed by atoms with Gasteiger partial charge in [-0.15, -0.1) is 0 Å². The fourth-order valence-corrected chi connectivity index (χ4v) is 9.00. The molecule has 0 aliphatic carbocycles. The minimum atomic E-state index is -0.669. The van der Waals surface area contributed by atoms with Crippen LogP contribution < -0.4 is 5.32 Å². The second-order valence-corrected chi connectivity index (χ2v) is 19.7. The van der Waals surface area contributed by atoms with Gasteiger partial charge < -0.3 is 15.5 Å². The summed E-state index contributed by atoms with van der Waals surface area (Å²) in [6.45, 7) is 4.26. The summed E-state index contributed by atoms with van der Waals surface area (Å²) in [5.74, 6) is -0.0430. The lowest BCUT2D eigenvalue weighted by molar-refractivity contribution is -0.123. The molecule has 4 heteroatoms. The molecule has 0 aromatic rings. The Morgan fingerprint density at radius 1 is 0.391 bits per heavy atom. The third kappa shape index (κ3) is 51.3. The molecule has 0 aromatic heterocycles. The first kappa shape index (κ1) is 62.4. The molecule has 0 aliphatic rings. The highest BCUT2D eigenvalue weighted by Crippen LogP contribution is 2.18. The molecule has 0 radical (unpaired) electrons. The maximum absolute atomic E-state index is 12.5. The molecule has 64 heavy (non-hydrogen) atoms. The quantitative estimate of drug-likeness (QED) is 0.0421. The molecule has 0 rings (SSSR count). The summed E-state index contributed by atoms with van der Waals surface area (Å²) >= 11 is 0. The first-order chi connectivity index (χ1) is 31.7. The highest BCUT2D eigenvalue weighted by Gasteiger charge is 2.20. The standard InChI is InChI=1S/C60H113NO3/c1-3-5-7-9-11-13-15-17-19-21-23-24-25-26-27-28-29-30-31-32-33-34-35-36-38-39-41-43-45-47-49-51-53-55-59(63)58(57-62)61-60(64)56-54-52-50-48-46-44-42-40-37-22-20-18-16-14-12-10-8-6-4-2/h6,8,12,14,18,20,37,40,58-59,62-63H,3-5,7,9-11,13,15-17,19,21-36,38-39,41-57H2,1-2H3,(H,61,64)/b8-6-,14-12-,20-18-,40-37-. The Morgan fingerprint density at radius 3 is 1.03 bits per heavy atom. The highest BCUT2D eigenvalue weighted by molar-refractivity contribution is 5.76. The van der Waals surface area contributed by atoms with Crippen molar-refractivity contribution in [2.24, 2.45) is 0 Å². The van der Waals surface area contributed by atoms with Gasteiger partial charge in [-0.1, -0.05) is 300 Å². The number of carbonyl (C=O) groups excluding carboxylic acids is 1. The van der Waals surface area contributed by atoms with E-state index < -0.39 is 12.1 Å². The monoisotopic (exact) mass is 896 g/mol. The normalized spacial score (nSPS) is 13.1. The predicted octanol–water partition coefficient (Wildman–Crippen LogP) is 19.0. The van der Waals surface area contributed by atoms with Gasteiger partial charge in [0.2, 0.25) is 5.91 Å². The molecule has 1 amide bonds. The summed E-state index contributed by atoms with van der Waals surface area (Å²) in [5.41, 5.74) is 0. The van der Waals surface area contributed by atoms with Crippen LogP contribution in [0, 0.1) is 0 Å². The number of aliphatic hydroxyl groups is 2. The van der Waals surface area contributed by atoms with Crippen molar-refractivity contribution in [3.63, 3.8) is 0 Å². The number of rotatable bonds is 53. The van der Waals surface area contributed by atoms with Gasteiger partial charge in [0.25, 0.3) is 0 Å². The van der Waals surface area contributed by atoms with Crippen LogP contribution in [0.3, 0.4) is 0 Å². The Kier molecular flexibility index (Phi) is 54.2. The van der Waals surface area contributed by atoms with Crippen molar-refractivity contribution in [2.75, 3.05) is 6.61 Å². The van der Waals surface area contributed by atoms with E-state index >= 15 is 0 Å². The lowest BCUT2D eigenvalue weighted by Crippen LogP contribution is -2.45. The van der Waals surface area contributed by atoms with E-state index in [1.54, 1.807) is 0 Å². The molecule has 2 unspecified atom stereocenters. The zero-order chi connectivity index (χ0) is 46.3. The summed E-state index contributed by atoms with van der Waals surface area (Å²) in [6, 6.07) is -0.547. The van der Waals surface area contributed by atoms with E-state index in [1.807, 2.05) is 0 Å². The van der Waals surface area contributed by atoms with Crippen LogP contribution in [-0.4, -0.2) is 34.9 Å². The average Bonchev–Trinajstić information content (AvgIpc) is 3.30. The van der Waals surface area contributed by atoms with E-state index in [-0.39, 0.29) is 12.5 Å². The van der Waals surface area contributed by atoms with Crippen LogP contribution >= 0.6 is 0 Å². The lowest BCUT2D eigenvalue weighted by atomic mass is 10.0. The summed E-state index contributed by atoms with van der Waals surface area (Å²) in [4.78, 5) is 12.5. The predicted molar refractivity (Wildman–Crippen MR) is 285 cm³/mol. The van der Waals surface area contributed by atoms with Crippen LogP contribution in [0.1, 0.15) is 309 Å². The number of aliphatic hydroxyl groups excluding tert-OH is 2. The third-order valence-corrected chi connectivity index (χ3v) is 13.4. The minimum absolute atomic E-state index is 0.0430. The van der Waals surface area contributed by atoms with E-state index in [4.69, 9.17) is 0 Å². The number of hydrogen-bond donors (Lipinski definition) is 3. The molecule has 0 aromatic carbocycles. The molecule has 376 valence electrons. The van der Waals surface area contributed by atoms with Crippen LogP contribution in [0.15, 0.2) is 48.6 Å². The van der Waals surface area contributed by atoms with Gasteiger partial charge in [0.15, 0.2) is 0 Å². The smallest absolute Gasteiger partial charge is 0.220 e. The first-order valence-corrected chi connectivity index (χ1v) is 28.8. The van der Waals surface area contributed by atoms with Gasteiger partial charge in [-0.05, 0) is 51.4 Å². The molecule has 0 fully saturated rings. The van der Waals surface area contributed by atoms with Gasteiger partial charge in [-0.2, -0.15) is 0 Å². The molecular formula is C60H113NO3. The topological polar surface area (TPSA) is 69.6 Å². The van der Waals surface area contributed by atoms with Gasteiger partial charge in [0, 0.05) is 6.42 Å². The Balaban J connectivity index is 3.42. The highest BCUT2D eigenvalue weighted by atomic mass is 16.3. The molecule has 3 N–H and O–H groups in total. The Morgan fingerprint density at radius 2 is 0.688 bits per heavy atom. The van der Waals surface area contributed by atoms with Crippen molar-refractivity contribution in [3.8, 4) is 0 Å². The second-order valence-electron chi connectivity index (χ2n) is 19.7. The maximum Gasteiger partial charge on any atom is 0.220 e. The first-order valence-electron chi connectivity index (χ1n) is 28.8. The van der Waals surface area contributed by atoms with Crippen molar-refractivity contribution >= 4 is 5.91 Å². The number of allylic oxidation sites excluding steroid dienone is 8. The van der Waals surface area contributed by atoms with Crippen molar-refractivity contribution in [2.45, 2.75) is 321 Å². The second kappa shape index (κ2) is 55.7. The van der Waals surface area contributed by atoms with Crippen LogP contribution in [0.25, 0.3) is 0 Å². The van der Waals surface area contributed by atoms with Crippen LogP contribution in [0.2, 0.25) is 0 Å². The van der Waals surface area contributed by atoms with E-state index in [9.17, 15) is 15.0 Å². The summed E-state index contributed by atoms with van der Waals surface area (Å²) in [6.07, 6.45) is 76.9. The zero-order valence-electron chi connectivity index (χ0n) is 43.3. The molecule has 0 heterocycles. The van der Waals surface area contributed by atoms with Gasteiger partial charge in [0.1, 0.15) is 0 Å². The molecular weight excluding hydrogens is 783 g/mol. The van der Waals surface area contributed by atoms with Crippen LogP contribution in [0.5, 0.6) is 0 Å². The molecule has 0 bridgehead atoms. The fourth-order valence-electron chi connectivity index (χ4n) is 9.00. The number of hydrogen-bond acceptors (Lipinski definition) is 3. The zero-order valence-corrected chi connectivity index (χ0v) is 43.3. The van der Waals surface area contributed by atoms with Crippen molar-refractivity contribution in [1.29, 1.82) is 0 Å². The number of unbranched alkanes of at least 4 members (excludes halogenated alkanes) is 38. The molecule has 2 atom stereocenters. The molecule has 0 saturated heterocycles. The van der Waals surface area contributed by atoms with E-state index in [2.05, 4.69) is 67.8 Å². The molecule has 0 aliphatic heterocycles. The van der Waals surface area contributed by atoms with Gasteiger partial charge in [-0.25, -0.2) is 0 Å². The maximum atomic E-state index is 12.5. The Labute approximate surface area is 401 Å². The molecule has 0 spiro atoms. The largest absolute Gasteiger partial charge is 0.394 e. The number of carbonyl (C=O) groups is 1. The number of amides is 1. The SMILES string of the molecule is CC/C=C\C/C=C\C/C=C\C/C=C\CCCCCCCCC(=O)NC(CO)C(O)CCCCCCCCCCCCCCCCCCCCCCCCCCCCCCCCCCC. The number of nitrogens with one attached hydrogen (secondary N) is 1. The Bertz CT molecular complexity index is 1020. The van der Waals surface area contributed by atoms with E-state index in [1.165, 1.54) is 218 Å². The van der Waals surface area contributed by atoms with Gasteiger partial charge in [-0.3, -0.25) is 4.79 Å². The van der Waals surface area contributed by atoms with Crippen LogP contribution in [-0.2, 0) is 4.79 Å². The molecule has 4 nitrogen and oxygen atoms in total.